The van der Waals surface area contributed by atoms with Crippen molar-refractivity contribution in [2.24, 2.45) is 0 Å². The van der Waals surface area contributed by atoms with E-state index in [0.29, 0.717) is 17.9 Å². The van der Waals surface area contributed by atoms with Crippen LogP contribution in [0.2, 0.25) is 0 Å². The van der Waals surface area contributed by atoms with Crippen molar-refractivity contribution in [3.63, 3.8) is 0 Å². The van der Waals surface area contributed by atoms with Crippen LogP contribution in [-0.2, 0) is 6.42 Å². The van der Waals surface area contributed by atoms with Crippen molar-refractivity contribution in [1.29, 1.82) is 0 Å². The van der Waals surface area contributed by atoms with E-state index in [4.69, 9.17) is 5.73 Å². The van der Waals surface area contributed by atoms with Crippen LogP contribution in [0.4, 0.5) is 5.69 Å². The van der Waals surface area contributed by atoms with Gasteiger partial charge in [0.15, 0.2) is 0 Å². The highest BCUT2D eigenvalue weighted by Gasteiger charge is 2.09. The zero-order valence-electron chi connectivity index (χ0n) is 11.6. The number of aromatic nitrogens is 1. The minimum absolute atomic E-state index is 0.0966. The molecule has 0 saturated carbocycles. The van der Waals surface area contributed by atoms with Crippen LogP contribution in [-0.4, -0.2) is 17.4 Å². The molecule has 0 aliphatic heterocycles. The first-order valence-electron chi connectivity index (χ1n) is 6.93. The van der Waals surface area contributed by atoms with Gasteiger partial charge < -0.3 is 16.0 Å². The minimum Gasteiger partial charge on any atom is -0.399 e. The van der Waals surface area contributed by atoms with E-state index in [-0.39, 0.29) is 5.91 Å². The number of hydrogen-bond acceptors (Lipinski definition) is 2. The first-order chi connectivity index (χ1) is 10.2. The number of H-pyrrole nitrogens is 1. The Balaban J connectivity index is 1.64. The van der Waals surface area contributed by atoms with Gasteiger partial charge >= 0.3 is 0 Å². The van der Waals surface area contributed by atoms with Crippen molar-refractivity contribution in [3.05, 3.63) is 65.9 Å². The van der Waals surface area contributed by atoms with Crippen molar-refractivity contribution in [2.75, 3.05) is 12.3 Å². The third-order valence-electron chi connectivity index (χ3n) is 3.43. The molecule has 0 unspecified atom stereocenters. The predicted molar refractivity (Wildman–Crippen MR) is 85.2 cm³/mol. The summed E-state index contributed by atoms with van der Waals surface area (Å²) in [5.41, 5.74) is 9.12. The van der Waals surface area contributed by atoms with Crippen molar-refractivity contribution in [3.8, 4) is 0 Å². The summed E-state index contributed by atoms with van der Waals surface area (Å²) in [6.07, 6.45) is 0.819. The van der Waals surface area contributed by atoms with Gasteiger partial charge in [0, 0.05) is 23.1 Å². The molecule has 1 aromatic heterocycles. The molecule has 4 heteroatoms. The fraction of sp³-hybridized carbons (Fsp3) is 0.118. The van der Waals surface area contributed by atoms with E-state index in [0.717, 1.165) is 17.3 Å². The largest absolute Gasteiger partial charge is 0.399 e. The number of nitrogen functional groups attached to an aromatic ring is 1. The summed E-state index contributed by atoms with van der Waals surface area (Å²) in [6, 6.07) is 17.5. The number of aromatic amines is 1. The highest BCUT2D eigenvalue weighted by Crippen LogP contribution is 2.18. The fourth-order valence-electron chi connectivity index (χ4n) is 2.33. The van der Waals surface area contributed by atoms with E-state index >= 15 is 0 Å². The Labute approximate surface area is 123 Å². The minimum atomic E-state index is -0.0966. The maximum atomic E-state index is 12.1. The number of rotatable bonds is 4. The molecule has 0 aliphatic carbocycles. The average molecular weight is 279 g/mol. The monoisotopic (exact) mass is 279 g/mol. The van der Waals surface area contributed by atoms with Crippen LogP contribution in [0.1, 0.15) is 16.1 Å². The lowest BCUT2D eigenvalue weighted by atomic mass is 10.1. The first kappa shape index (κ1) is 13.2. The van der Waals surface area contributed by atoms with E-state index in [2.05, 4.69) is 22.4 Å². The third kappa shape index (κ3) is 3.05. The third-order valence-corrected chi connectivity index (χ3v) is 3.43. The molecule has 21 heavy (non-hydrogen) atoms. The second kappa shape index (κ2) is 5.71. The summed E-state index contributed by atoms with van der Waals surface area (Å²) in [4.78, 5) is 15.2. The molecule has 0 radical (unpaired) electrons. The van der Waals surface area contributed by atoms with Gasteiger partial charge in [-0.2, -0.15) is 0 Å². The molecular weight excluding hydrogens is 262 g/mol. The number of amides is 1. The fourth-order valence-corrected chi connectivity index (χ4v) is 2.33. The van der Waals surface area contributed by atoms with Gasteiger partial charge in [0.05, 0.1) is 0 Å². The summed E-state index contributed by atoms with van der Waals surface area (Å²) >= 11 is 0. The Morgan fingerprint density at radius 2 is 1.90 bits per heavy atom. The number of nitrogens with one attached hydrogen (secondary N) is 2. The number of nitrogens with two attached hydrogens (primary N) is 1. The summed E-state index contributed by atoms with van der Waals surface area (Å²) in [6.45, 7) is 0.611. The highest BCUT2D eigenvalue weighted by atomic mass is 16.1. The molecule has 4 nitrogen and oxygen atoms in total. The zero-order chi connectivity index (χ0) is 14.7. The molecule has 106 valence electrons. The van der Waals surface area contributed by atoms with Crippen molar-refractivity contribution in [2.45, 2.75) is 6.42 Å². The van der Waals surface area contributed by atoms with Gasteiger partial charge in [-0.1, -0.05) is 30.3 Å². The van der Waals surface area contributed by atoms with Gasteiger partial charge in [-0.25, -0.2) is 0 Å². The molecule has 3 rings (SSSR count). The molecule has 2 aromatic carbocycles. The zero-order valence-corrected chi connectivity index (χ0v) is 11.6. The number of carbonyl (C=O) groups is 1. The van der Waals surface area contributed by atoms with E-state index < -0.39 is 0 Å². The Hall–Kier alpha value is -2.75. The van der Waals surface area contributed by atoms with E-state index in [1.807, 2.05) is 42.5 Å². The molecule has 3 aromatic rings. The Kier molecular flexibility index (Phi) is 3.60. The second-order valence-corrected chi connectivity index (χ2v) is 5.02. The van der Waals surface area contributed by atoms with E-state index in [1.54, 1.807) is 0 Å². The molecule has 0 bridgehead atoms. The number of fused-ring (bicyclic) bond motifs is 1. The predicted octanol–water partition coefficient (Wildman–Crippen LogP) is 2.72. The van der Waals surface area contributed by atoms with Crippen LogP contribution >= 0.6 is 0 Å². The Morgan fingerprint density at radius 3 is 2.71 bits per heavy atom. The van der Waals surface area contributed by atoms with Gasteiger partial charge in [0.1, 0.15) is 5.69 Å². The van der Waals surface area contributed by atoms with Crippen LogP contribution in [0.25, 0.3) is 10.9 Å². The number of anilines is 1. The Morgan fingerprint density at radius 1 is 1.10 bits per heavy atom. The molecule has 0 atom stereocenters. The smallest absolute Gasteiger partial charge is 0.267 e. The van der Waals surface area contributed by atoms with Crippen molar-refractivity contribution >= 4 is 22.5 Å². The van der Waals surface area contributed by atoms with E-state index in [9.17, 15) is 4.79 Å². The molecular formula is C17H17N3O. The number of carbonyl (C=O) groups excluding carboxylic acids is 1. The SMILES string of the molecule is Nc1ccc2[nH]c(C(=O)NCCc3ccccc3)cc2c1. The normalized spacial score (nSPS) is 10.7. The standard InChI is InChI=1S/C17H17N3O/c18-14-6-7-15-13(10-14)11-16(20-15)17(21)19-9-8-12-4-2-1-3-5-12/h1-7,10-11,20H,8-9,18H2,(H,19,21). The molecule has 0 aliphatic rings. The maximum Gasteiger partial charge on any atom is 0.267 e. The molecule has 1 heterocycles. The van der Waals surface area contributed by atoms with Crippen LogP contribution < -0.4 is 11.1 Å². The summed E-state index contributed by atoms with van der Waals surface area (Å²) < 4.78 is 0. The lowest BCUT2D eigenvalue weighted by Crippen LogP contribution is -2.25. The van der Waals surface area contributed by atoms with Crippen LogP contribution in [0.15, 0.2) is 54.6 Å². The molecule has 1 amide bonds. The molecule has 0 fully saturated rings. The number of benzene rings is 2. The van der Waals surface area contributed by atoms with Gasteiger partial charge in [-0.3, -0.25) is 4.79 Å². The van der Waals surface area contributed by atoms with E-state index in [1.165, 1.54) is 5.56 Å². The lowest BCUT2D eigenvalue weighted by molar-refractivity contribution is 0.0950. The molecule has 0 saturated heterocycles. The first-order valence-corrected chi connectivity index (χ1v) is 6.93. The van der Waals surface area contributed by atoms with Crippen LogP contribution in [0.5, 0.6) is 0 Å². The maximum absolute atomic E-state index is 12.1. The van der Waals surface area contributed by atoms with Gasteiger partial charge in [0.2, 0.25) is 0 Å². The van der Waals surface area contributed by atoms with Crippen molar-refractivity contribution in [1.82, 2.24) is 10.3 Å². The van der Waals surface area contributed by atoms with Gasteiger partial charge in [-0.05, 0) is 36.2 Å². The lowest BCUT2D eigenvalue weighted by Gasteiger charge is -2.03. The number of hydrogen-bond donors (Lipinski definition) is 3. The highest BCUT2D eigenvalue weighted by molar-refractivity contribution is 5.98. The molecule has 0 spiro atoms. The Bertz CT molecular complexity index is 762. The van der Waals surface area contributed by atoms with Crippen LogP contribution in [0, 0.1) is 0 Å². The quantitative estimate of drug-likeness (QED) is 0.643. The second-order valence-electron chi connectivity index (χ2n) is 5.02. The average Bonchev–Trinajstić information content (AvgIpc) is 2.91. The summed E-state index contributed by atoms with van der Waals surface area (Å²) in [5.74, 6) is -0.0966. The molecule has 4 N–H and O–H groups in total. The van der Waals surface area contributed by atoms with Crippen molar-refractivity contribution < 1.29 is 4.79 Å². The topological polar surface area (TPSA) is 70.9 Å². The summed E-state index contributed by atoms with van der Waals surface area (Å²) in [7, 11) is 0. The van der Waals surface area contributed by atoms with Gasteiger partial charge in [-0.15, -0.1) is 0 Å². The van der Waals surface area contributed by atoms with Gasteiger partial charge in [0.25, 0.3) is 5.91 Å². The van der Waals surface area contributed by atoms with Crippen LogP contribution in [0.3, 0.4) is 0 Å². The summed E-state index contributed by atoms with van der Waals surface area (Å²) in [5, 5.41) is 3.87.